The van der Waals surface area contributed by atoms with Gasteiger partial charge >= 0.3 is 0 Å². The van der Waals surface area contributed by atoms with Crippen LogP contribution in [0.25, 0.3) is 0 Å². The van der Waals surface area contributed by atoms with Crippen LogP contribution in [0.1, 0.15) is 42.8 Å². The zero-order valence-corrected chi connectivity index (χ0v) is 12.6. The maximum absolute atomic E-state index is 4.62. The highest BCUT2D eigenvalue weighted by Crippen LogP contribution is 2.38. The SMILES string of the molecule is CCc1cccnc1CNc1cc(NC)nc(C2CC2)n1. The number of aryl methyl sites for hydroxylation is 1. The van der Waals surface area contributed by atoms with Gasteiger partial charge in [-0.2, -0.15) is 0 Å². The molecule has 0 unspecified atom stereocenters. The zero-order valence-electron chi connectivity index (χ0n) is 12.6. The summed E-state index contributed by atoms with van der Waals surface area (Å²) in [6, 6.07) is 6.05. The van der Waals surface area contributed by atoms with Crippen LogP contribution >= 0.6 is 0 Å². The van der Waals surface area contributed by atoms with E-state index in [4.69, 9.17) is 0 Å². The van der Waals surface area contributed by atoms with Crippen LogP contribution in [0, 0.1) is 0 Å². The summed E-state index contributed by atoms with van der Waals surface area (Å²) >= 11 is 0. The molecule has 21 heavy (non-hydrogen) atoms. The first-order chi connectivity index (χ1) is 10.3. The molecule has 1 aliphatic carbocycles. The second-order valence-corrected chi connectivity index (χ2v) is 5.34. The van der Waals surface area contributed by atoms with Gasteiger partial charge in [0.1, 0.15) is 17.5 Å². The molecule has 110 valence electrons. The molecular weight excluding hydrogens is 262 g/mol. The van der Waals surface area contributed by atoms with Crippen LogP contribution in [0.5, 0.6) is 0 Å². The molecule has 0 aromatic carbocycles. The van der Waals surface area contributed by atoms with Gasteiger partial charge in [0.25, 0.3) is 0 Å². The predicted molar refractivity (Wildman–Crippen MR) is 84.5 cm³/mol. The molecule has 2 N–H and O–H groups in total. The molecule has 1 aliphatic rings. The Hall–Kier alpha value is -2.17. The molecule has 3 rings (SSSR count). The van der Waals surface area contributed by atoms with Gasteiger partial charge in [-0.3, -0.25) is 4.98 Å². The number of hydrogen-bond donors (Lipinski definition) is 2. The Kier molecular flexibility index (Phi) is 3.99. The van der Waals surface area contributed by atoms with Gasteiger partial charge in [-0.05, 0) is 30.9 Å². The monoisotopic (exact) mass is 283 g/mol. The Morgan fingerprint density at radius 2 is 2.05 bits per heavy atom. The standard InChI is InChI=1S/C16H21N5/c1-3-11-5-4-8-18-13(11)10-19-15-9-14(17-2)20-16(21-15)12-6-7-12/h4-5,8-9,12H,3,6-7,10H2,1-2H3,(H2,17,19,20,21). The molecule has 0 bridgehead atoms. The minimum atomic E-state index is 0.542. The fourth-order valence-electron chi connectivity index (χ4n) is 2.34. The third-order valence-corrected chi connectivity index (χ3v) is 3.74. The largest absolute Gasteiger partial charge is 0.373 e. The molecule has 2 heterocycles. The third-order valence-electron chi connectivity index (χ3n) is 3.74. The normalized spacial score (nSPS) is 14.0. The Bertz CT molecular complexity index is 622. The van der Waals surface area contributed by atoms with Crippen LogP contribution in [0.15, 0.2) is 24.4 Å². The summed E-state index contributed by atoms with van der Waals surface area (Å²) in [5.41, 5.74) is 2.35. The van der Waals surface area contributed by atoms with E-state index >= 15 is 0 Å². The Morgan fingerprint density at radius 1 is 1.24 bits per heavy atom. The molecule has 2 aromatic heterocycles. The van der Waals surface area contributed by atoms with Crippen molar-refractivity contribution in [2.45, 2.75) is 38.6 Å². The highest BCUT2D eigenvalue weighted by atomic mass is 15.1. The van der Waals surface area contributed by atoms with Crippen molar-refractivity contribution in [2.24, 2.45) is 0 Å². The van der Waals surface area contributed by atoms with Crippen molar-refractivity contribution in [1.82, 2.24) is 15.0 Å². The van der Waals surface area contributed by atoms with Gasteiger partial charge in [-0.25, -0.2) is 9.97 Å². The molecule has 5 nitrogen and oxygen atoms in total. The minimum Gasteiger partial charge on any atom is -0.373 e. The van der Waals surface area contributed by atoms with Crippen LogP contribution in [-0.2, 0) is 13.0 Å². The lowest BCUT2D eigenvalue weighted by Gasteiger charge is -2.11. The molecule has 1 fully saturated rings. The van der Waals surface area contributed by atoms with Gasteiger partial charge < -0.3 is 10.6 Å². The molecule has 0 saturated heterocycles. The Morgan fingerprint density at radius 3 is 2.76 bits per heavy atom. The quantitative estimate of drug-likeness (QED) is 0.853. The number of nitrogens with zero attached hydrogens (tertiary/aromatic N) is 3. The van der Waals surface area contributed by atoms with Crippen molar-refractivity contribution in [2.75, 3.05) is 17.7 Å². The van der Waals surface area contributed by atoms with E-state index in [2.05, 4.69) is 38.6 Å². The summed E-state index contributed by atoms with van der Waals surface area (Å²) in [5, 5.41) is 6.48. The van der Waals surface area contributed by atoms with E-state index < -0.39 is 0 Å². The van der Waals surface area contributed by atoms with Crippen molar-refractivity contribution < 1.29 is 0 Å². The van der Waals surface area contributed by atoms with Crippen LogP contribution in [0.3, 0.4) is 0 Å². The first-order valence-corrected chi connectivity index (χ1v) is 7.53. The zero-order chi connectivity index (χ0) is 14.7. The summed E-state index contributed by atoms with van der Waals surface area (Å²) in [5.74, 6) is 3.22. The van der Waals surface area contributed by atoms with Crippen LogP contribution in [0.4, 0.5) is 11.6 Å². The molecule has 0 radical (unpaired) electrons. The second kappa shape index (κ2) is 6.08. The Labute approximate surface area is 125 Å². The van der Waals surface area contributed by atoms with E-state index in [1.807, 2.05) is 25.4 Å². The fourth-order valence-corrected chi connectivity index (χ4v) is 2.34. The van der Waals surface area contributed by atoms with Gasteiger partial charge in [0.05, 0.1) is 12.2 Å². The highest BCUT2D eigenvalue weighted by Gasteiger charge is 2.27. The molecule has 0 amide bonds. The maximum atomic E-state index is 4.62. The Balaban J connectivity index is 1.76. The summed E-state index contributed by atoms with van der Waals surface area (Å²) < 4.78 is 0. The predicted octanol–water partition coefficient (Wildman–Crippen LogP) is 2.97. The minimum absolute atomic E-state index is 0.542. The van der Waals surface area contributed by atoms with Gasteiger partial charge in [-0.1, -0.05) is 13.0 Å². The van der Waals surface area contributed by atoms with Crippen LogP contribution in [0.2, 0.25) is 0 Å². The van der Waals surface area contributed by atoms with E-state index in [9.17, 15) is 0 Å². The number of aromatic nitrogens is 3. The lowest BCUT2D eigenvalue weighted by molar-refractivity contribution is 0.911. The molecule has 0 spiro atoms. The van der Waals surface area contributed by atoms with Gasteiger partial charge in [0.15, 0.2) is 0 Å². The number of rotatable bonds is 6. The lowest BCUT2D eigenvalue weighted by atomic mass is 10.1. The second-order valence-electron chi connectivity index (χ2n) is 5.34. The van der Waals surface area contributed by atoms with Crippen molar-refractivity contribution >= 4 is 11.6 Å². The van der Waals surface area contributed by atoms with Crippen molar-refractivity contribution in [3.05, 3.63) is 41.5 Å². The third kappa shape index (κ3) is 3.29. The average molecular weight is 283 g/mol. The summed E-state index contributed by atoms with van der Waals surface area (Å²) in [6.07, 6.45) is 5.23. The topological polar surface area (TPSA) is 62.7 Å². The van der Waals surface area contributed by atoms with Crippen LogP contribution in [-0.4, -0.2) is 22.0 Å². The summed E-state index contributed by atoms with van der Waals surface area (Å²) in [4.78, 5) is 13.6. The number of nitrogens with one attached hydrogen (secondary N) is 2. The molecule has 5 heteroatoms. The molecule has 0 aliphatic heterocycles. The van der Waals surface area contributed by atoms with E-state index in [0.29, 0.717) is 12.5 Å². The van der Waals surface area contributed by atoms with Gasteiger partial charge in [-0.15, -0.1) is 0 Å². The van der Waals surface area contributed by atoms with Crippen molar-refractivity contribution in [3.63, 3.8) is 0 Å². The van der Waals surface area contributed by atoms with Gasteiger partial charge in [0.2, 0.25) is 0 Å². The molecule has 1 saturated carbocycles. The summed E-state index contributed by atoms with van der Waals surface area (Å²) in [6.45, 7) is 2.84. The van der Waals surface area contributed by atoms with E-state index in [0.717, 1.165) is 29.6 Å². The maximum Gasteiger partial charge on any atom is 0.136 e. The summed E-state index contributed by atoms with van der Waals surface area (Å²) in [7, 11) is 1.89. The first-order valence-electron chi connectivity index (χ1n) is 7.53. The smallest absolute Gasteiger partial charge is 0.136 e. The number of hydrogen-bond acceptors (Lipinski definition) is 5. The van der Waals surface area contributed by atoms with E-state index in [1.165, 1.54) is 18.4 Å². The van der Waals surface area contributed by atoms with Crippen molar-refractivity contribution in [3.8, 4) is 0 Å². The number of anilines is 2. The van der Waals surface area contributed by atoms with Crippen molar-refractivity contribution in [1.29, 1.82) is 0 Å². The molecule has 0 atom stereocenters. The van der Waals surface area contributed by atoms with Crippen LogP contribution < -0.4 is 10.6 Å². The van der Waals surface area contributed by atoms with E-state index in [1.54, 1.807) is 0 Å². The average Bonchev–Trinajstić information content (AvgIpc) is 3.37. The fraction of sp³-hybridized carbons (Fsp3) is 0.438. The lowest BCUT2D eigenvalue weighted by Crippen LogP contribution is -2.08. The van der Waals surface area contributed by atoms with Gasteiger partial charge in [0, 0.05) is 25.2 Å². The first kappa shape index (κ1) is 13.8. The molecule has 2 aromatic rings. The highest BCUT2D eigenvalue weighted by molar-refractivity contribution is 5.48. The molecular formula is C16H21N5. The van der Waals surface area contributed by atoms with E-state index in [-0.39, 0.29) is 0 Å². The number of pyridine rings is 1.